The molecule has 0 atom stereocenters. The van der Waals surface area contributed by atoms with Crippen LogP contribution in [0.15, 0.2) is 24.3 Å². The highest BCUT2D eigenvalue weighted by Crippen LogP contribution is 2.40. The third-order valence-electron chi connectivity index (χ3n) is 4.00. The van der Waals surface area contributed by atoms with Gasteiger partial charge in [-0.2, -0.15) is 0 Å². The van der Waals surface area contributed by atoms with Crippen molar-refractivity contribution in [3.63, 3.8) is 0 Å². The van der Waals surface area contributed by atoms with Gasteiger partial charge in [0.05, 0.1) is 5.41 Å². The standard InChI is InChI=1S/C15H19NO4/c17-12-5-2-1-4-11(12)6-7-13(18)16-10-15(14(19)20)8-3-9-15/h1-2,4-5,17H,3,6-10H2,(H,16,18)(H,19,20). The number of rotatable bonds is 6. The summed E-state index contributed by atoms with van der Waals surface area (Å²) in [4.78, 5) is 22.9. The van der Waals surface area contributed by atoms with Crippen molar-refractivity contribution in [3.8, 4) is 5.75 Å². The van der Waals surface area contributed by atoms with Gasteiger partial charge in [-0.05, 0) is 30.9 Å². The lowest BCUT2D eigenvalue weighted by atomic mass is 9.69. The molecule has 1 aromatic rings. The zero-order valence-electron chi connectivity index (χ0n) is 11.3. The largest absolute Gasteiger partial charge is 0.508 e. The van der Waals surface area contributed by atoms with Crippen LogP contribution in [0.25, 0.3) is 0 Å². The summed E-state index contributed by atoms with van der Waals surface area (Å²) in [7, 11) is 0. The van der Waals surface area contributed by atoms with E-state index >= 15 is 0 Å². The van der Waals surface area contributed by atoms with E-state index in [0.29, 0.717) is 19.3 Å². The molecule has 0 radical (unpaired) electrons. The molecule has 20 heavy (non-hydrogen) atoms. The maximum Gasteiger partial charge on any atom is 0.311 e. The van der Waals surface area contributed by atoms with E-state index in [-0.39, 0.29) is 24.6 Å². The van der Waals surface area contributed by atoms with E-state index in [1.54, 1.807) is 24.3 Å². The lowest BCUT2D eigenvalue weighted by Gasteiger charge is -2.37. The molecule has 1 fully saturated rings. The fraction of sp³-hybridized carbons (Fsp3) is 0.467. The number of amides is 1. The predicted molar refractivity (Wildman–Crippen MR) is 73.4 cm³/mol. The fourth-order valence-corrected chi connectivity index (χ4v) is 2.40. The molecular weight excluding hydrogens is 258 g/mol. The molecule has 5 heteroatoms. The lowest BCUT2D eigenvalue weighted by molar-refractivity contribution is -0.154. The molecule has 108 valence electrons. The maximum atomic E-state index is 11.8. The van der Waals surface area contributed by atoms with E-state index < -0.39 is 11.4 Å². The molecule has 0 aliphatic heterocycles. The van der Waals surface area contributed by atoms with Gasteiger partial charge in [0.2, 0.25) is 5.91 Å². The molecule has 1 saturated carbocycles. The van der Waals surface area contributed by atoms with E-state index in [4.69, 9.17) is 5.11 Å². The van der Waals surface area contributed by atoms with Crippen LogP contribution in [-0.2, 0) is 16.0 Å². The van der Waals surface area contributed by atoms with Gasteiger partial charge >= 0.3 is 5.97 Å². The van der Waals surface area contributed by atoms with E-state index in [1.807, 2.05) is 0 Å². The van der Waals surface area contributed by atoms with Crippen molar-refractivity contribution in [2.45, 2.75) is 32.1 Å². The second kappa shape index (κ2) is 5.94. The first kappa shape index (κ1) is 14.4. The van der Waals surface area contributed by atoms with Gasteiger partial charge in [0.15, 0.2) is 0 Å². The Bertz CT molecular complexity index is 508. The highest BCUT2D eigenvalue weighted by atomic mass is 16.4. The van der Waals surface area contributed by atoms with Crippen molar-refractivity contribution in [2.75, 3.05) is 6.54 Å². The Hall–Kier alpha value is -2.04. The first-order valence-electron chi connectivity index (χ1n) is 6.80. The van der Waals surface area contributed by atoms with Gasteiger partial charge in [-0.1, -0.05) is 24.6 Å². The summed E-state index contributed by atoms with van der Waals surface area (Å²) >= 11 is 0. The summed E-state index contributed by atoms with van der Waals surface area (Å²) in [5, 5.41) is 21.4. The van der Waals surface area contributed by atoms with Crippen LogP contribution >= 0.6 is 0 Å². The number of hydrogen-bond acceptors (Lipinski definition) is 3. The highest BCUT2D eigenvalue weighted by molar-refractivity contribution is 5.79. The topological polar surface area (TPSA) is 86.6 Å². The Kier molecular flexibility index (Phi) is 4.27. The van der Waals surface area contributed by atoms with Gasteiger partial charge < -0.3 is 15.5 Å². The van der Waals surface area contributed by atoms with E-state index in [1.165, 1.54) is 0 Å². The van der Waals surface area contributed by atoms with Gasteiger partial charge in [0.25, 0.3) is 0 Å². The number of phenolic OH excluding ortho intramolecular Hbond substituents is 1. The monoisotopic (exact) mass is 277 g/mol. The molecule has 0 spiro atoms. The molecular formula is C15H19NO4. The molecule has 0 bridgehead atoms. The average molecular weight is 277 g/mol. The number of aromatic hydroxyl groups is 1. The molecule has 0 saturated heterocycles. The minimum absolute atomic E-state index is 0.180. The third-order valence-corrected chi connectivity index (χ3v) is 4.00. The number of carboxylic acids is 1. The number of carbonyl (C=O) groups is 2. The van der Waals surface area contributed by atoms with Crippen LogP contribution in [0.2, 0.25) is 0 Å². The summed E-state index contributed by atoms with van der Waals surface area (Å²) in [6, 6.07) is 6.89. The van der Waals surface area contributed by atoms with Gasteiger partial charge in [-0.25, -0.2) is 0 Å². The number of aryl methyl sites for hydroxylation is 1. The summed E-state index contributed by atoms with van der Waals surface area (Å²) in [5.74, 6) is -0.827. The van der Waals surface area contributed by atoms with E-state index in [2.05, 4.69) is 5.32 Å². The van der Waals surface area contributed by atoms with Gasteiger partial charge in [0, 0.05) is 13.0 Å². The smallest absolute Gasteiger partial charge is 0.311 e. The normalized spacial score (nSPS) is 16.2. The van der Waals surface area contributed by atoms with Gasteiger partial charge in [-0.3, -0.25) is 9.59 Å². The van der Waals surface area contributed by atoms with E-state index in [0.717, 1.165) is 12.0 Å². The van der Waals surface area contributed by atoms with Crippen molar-refractivity contribution in [1.82, 2.24) is 5.32 Å². The van der Waals surface area contributed by atoms with Crippen molar-refractivity contribution in [3.05, 3.63) is 29.8 Å². The van der Waals surface area contributed by atoms with Crippen molar-refractivity contribution in [2.24, 2.45) is 5.41 Å². The number of phenols is 1. The Morgan fingerprint density at radius 1 is 1.25 bits per heavy atom. The third kappa shape index (κ3) is 3.10. The zero-order chi connectivity index (χ0) is 14.6. The number of para-hydroxylation sites is 1. The van der Waals surface area contributed by atoms with Gasteiger partial charge in [-0.15, -0.1) is 0 Å². The maximum absolute atomic E-state index is 11.8. The minimum Gasteiger partial charge on any atom is -0.508 e. The summed E-state index contributed by atoms with van der Waals surface area (Å²) in [6.45, 7) is 0.196. The van der Waals surface area contributed by atoms with Crippen LogP contribution in [0, 0.1) is 5.41 Å². The van der Waals surface area contributed by atoms with Crippen LogP contribution in [-0.4, -0.2) is 28.6 Å². The summed E-state index contributed by atoms with van der Waals surface area (Å²) in [6.07, 6.45) is 2.84. The Labute approximate surface area is 117 Å². The van der Waals surface area contributed by atoms with Crippen LogP contribution in [0.3, 0.4) is 0 Å². The Morgan fingerprint density at radius 2 is 1.95 bits per heavy atom. The predicted octanol–water partition coefficient (Wildman–Crippen LogP) is 1.70. The van der Waals surface area contributed by atoms with Gasteiger partial charge in [0.1, 0.15) is 5.75 Å². The number of carboxylic acid groups (broad SMARTS) is 1. The number of aliphatic carboxylic acids is 1. The molecule has 1 amide bonds. The fourth-order valence-electron chi connectivity index (χ4n) is 2.40. The minimum atomic E-state index is -0.829. The number of hydrogen-bond donors (Lipinski definition) is 3. The summed E-state index contributed by atoms with van der Waals surface area (Å²) < 4.78 is 0. The number of carbonyl (C=O) groups excluding carboxylic acids is 1. The van der Waals surface area contributed by atoms with Crippen LogP contribution in [0.5, 0.6) is 5.75 Å². The molecule has 2 rings (SSSR count). The average Bonchev–Trinajstić information content (AvgIpc) is 2.36. The Morgan fingerprint density at radius 3 is 2.50 bits per heavy atom. The molecule has 1 aromatic carbocycles. The van der Waals surface area contributed by atoms with Crippen LogP contribution in [0.1, 0.15) is 31.2 Å². The molecule has 0 unspecified atom stereocenters. The van der Waals surface area contributed by atoms with Crippen molar-refractivity contribution < 1.29 is 19.8 Å². The van der Waals surface area contributed by atoms with Crippen molar-refractivity contribution in [1.29, 1.82) is 0 Å². The molecule has 0 aromatic heterocycles. The second-order valence-electron chi connectivity index (χ2n) is 5.34. The lowest BCUT2D eigenvalue weighted by Crippen LogP contribution is -2.47. The zero-order valence-corrected chi connectivity index (χ0v) is 11.3. The molecule has 0 heterocycles. The summed E-state index contributed by atoms with van der Waals surface area (Å²) in [5.41, 5.74) is -0.0379. The van der Waals surface area contributed by atoms with Crippen LogP contribution < -0.4 is 5.32 Å². The SMILES string of the molecule is O=C(CCc1ccccc1O)NCC1(C(=O)O)CCC1. The molecule has 5 nitrogen and oxygen atoms in total. The van der Waals surface area contributed by atoms with E-state index in [9.17, 15) is 14.7 Å². The first-order chi connectivity index (χ1) is 9.53. The number of nitrogens with one attached hydrogen (secondary N) is 1. The molecule has 1 aliphatic rings. The quantitative estimate of drug-likeness (QED) is 0.738. The van der Waals surface area contributed by atoms with Crippen LogP contribution in [0.4, 0.5) is 0 Å². The number of benzene rings is 1. The second-order valence-corrected chi connectivity index (χ2v) is 5.34. The first-order valence-corrected chi connectivity index (χ1v) is 6.80. The molecule has 1 aliphatic carbocycles. The Balaban J connectivity index is 1.79. The molecule has 3 N–H and O–H groups in total. The highest BCUT2D eigenvalue weighted by Gasteiger charge is 2.44. The van der Waals surface area contributed by atoms with Crippen molar-refractivity contribution >= 4 is 11.9 Å².